The van der Waals surface area contributed by atoms with Gasteiger partial charge < -0.3 is 20.1 Å². The van der Waals surface area contributed by atoms with E-state index in [0.717, 1.165) is 23.1 Å². The lowest BCUT2D eigenvalue weighted by Crippen LogP contribution is -2.41. The van der Waals surface area contributed by atoms with Crippen molar-refractivity contribution in [1.29, 1.82) is 0 Å². The summed E-state index contributed by atoms with van der Waals surface area (Å²) in [6, 6.07) is 2.22. The molecule has 0 aromatic heterocycles. The predicted molar refractivity (Wildman–Crippen MR) is 71.0 cm³/mol. The Bertz CT molecular complexity index is 504. The van der Waals surface area contributed by atoms with Crippen molar-refractivity contribution in [2.75, 3.05) is 18.9 Å². The van der Waals surface area contributed by atoms with Crippen LogP contribution in [0.4, 0.5) is 23.7 Å². The van der Waals surface area contributed by atoms with Crippen LogP contribution >= 0.6 is 0 Å². The highest BCUT2D eigenvalue weighted by Gasteiger charge is 2.20. The van der Waals surface area contributed by atoms with E-state index in [-0.39, 0.29) is 12.2 Å². The summed E-state index contributed by atoms with van der Waals surface area (Å²) in [7, 11) is 1.42. The molecular formula is C13H17F3N2O3. The molecule has 0 aliphatic heterocycles. The molecule has 0 radical (unpaired) electrons. The van der Waals surface area contributed by atoms with Crippen LogP contribution in [0.5, 0.6) is 5.75 Å². The molecule has 0 bridgehead atoms. The van der Waals surface area contributed by atoms with Crippen molar-refractivity contribution in [3.8, 4) is 5.75 Å². The van der Waals surface area contributed by atoms with Crippen LogP contribution in [-0.2, 0) is 0 Å². The minimum absolute atomic E-state index is 0.0189. The maximum absolute atomic E-state index is 13.0. The maximum Gasteiger partial charge on any atom is 0.387 e. The Morgan fingerprint density at radius 1 is 1.48 bits per heavy atom. The molecule has 1 rings (SSSR count). The summed E-state index contributed by atoms with van der Waals surface area (Å²) >= 11 is 0. The van der Waals surface area contributed by atoms with E-state index in [4.69, 9.17) is 0 Å². The van der Waals surface area contributed by atoms with Gasteiger partial charge in [0, 0.05) is 13.1 Å². The Hall–Kier alpha value is -1.96. The molecule has 0 saturated heterocycles. The van der Waals surface area contributed by atoms with Crippen molar-refractivity contribution in [3.05, 3.63) is 24.0 Å². The SMILES string of the molecule is CN(CC(C)(C)O)C(=O)Nc1ccc(F)cc1OC(F)F. The summed E-state index contributed by atoms with van der Waals surface area (Å²) in [5, 5.41) is 11.9. The third kappa shape index (κ3) is 5.90. The Labute approximate surface area is 120 Å². The predicted octanol–water partition coefficient (Wildman–Crippen LogP) is 2.66. The molecular weight excluding hydrogens is 289 g/mol. The zero-order chi connectivity index (χ0) is 16.2. The zero-order valence-corrected chi connectivity index (χ0v) is 11.9. The summed E-state index contributed by atoms with van der Waals surface area (Å²) < 4.78 is 41.7. The minimum atomic E-state index is -3.14. The molecule has 8 heteroatoms. The van der Waals surface area contributed by atoms with E-state index in [1.807, 2.05) is 0 Å². The summed E-state index contributed by atoms with van der Waals surface area (Å²) in [4.78, 5) is 13.0. The van der Waals surface area contributed by atoms with E-state index >= 15 is 0 Å². The van der Waals surface area contributed by atoms with Gasteiger partial charge in [-0.25, -0.2) is 9.18 Å². The van der Waals surface area contributed by atoms with E-state index in [9.17, 15) is 23.1 Å². The number of carbonyl (C=O) groups excluding carboxylic acids is 1. The fourth-order valence-corrected chi connectivity index (χ4v) is 1.66. The molecule has 1 aromatic carbocycles. The first-order chi connectivity index (χ1) is 9.58. The van der Waals surface area contributed by atoms with Crippen LogP contribution in [0.1, 0.15) is 13.8 Å². The number of urea groups is 1. The Morgan fingerprint density at radius 3 is 2.62 bits per heavy atom. The van der Waals surface area contributed by atoms with E-state index < -0.39 is 29.8 Å². The van der Waals surface area contributed by atoms with Crippen LogP contribution in [0.25, 0.3) is 0 Å². The van der Waals surface area contributed by atoms with Crippen LogP contribution in [0.2, 0.25) is 0 Å². The van der Waals surface area contributed by atoms with Gasteiger partial charge in [-0.1, -0.05) is 0 Å². The molecule has 0 aliphatic carbocycles. The number of alkyl halides is 2. The number of hydrogen-bond acceptors (Lipinski definition) is 3. The van der Waals surface area contributed by atoms with Gasteiger partial charge in [0.15, 0.2) is 5.75 Å². The monoisotopic (exact) mass is 306 g/mol. The van der Waals surface area contributed by atoms with Gasteiger partial charge in [-0.05, 0) is 26.0 Å². The normalized spacial score (nSPS) is 11.4. The topological polar surface area (TPSA) is 61.8 Å². The number of rotatable bonds is 5. The summed E-state index contributed by atoms with van der Waals surface area (Å²) in [5.74, 6) is -1.25. The highest BCUT2D eigenvalue weighted by atomic mass is 19.3. The summed E-state index contributed by atoms with van der Waals surface area (Å²) in [5.41, 5.74) is -1.21. The average Bonchev–Trinajstić information content (AvgIpc) is 2.29. The molecule has 0 heterocycles. The number of aliphatic hydroxyl groups is 1. The first kappa shape index (κ1) is 17.1. The number of halogens is 3. The Kier molecular flexibility index (Phi) is 5.42. The van der Waals surface area contributed by atoms with Crippen molar-refractivity contribution in [1.82, 2.24) is 4.90 Å². The number of amides is 2. The maximum atomic E-state index is 13.0. The Balaban J connectivity index is 2.84. The second kappa shape index (κ2) is 6.66. The summed E-state index contributed by atoms with van der Waals surface area (Å²) in [6.07, 6.45) is 0. The number of anilines is 1. The molecule has 2 N–H and O–H groups in total. The number of likely N-dealkylation sites (N-methyl/N-ethyl adjacent to an activating group) is 1. The van der Waals surface area contributed by atoms with E-state index in [1.54, 1.807) is 0 Å². The van der Waals surface area contributed by atoms with Gasteiger partial charge in [-0.3, -0.25) is 0 Å². The number of benzene rings is 1. The first-order valence-corrected chi connectivity index (χ1v) is 6.07. The highest BCUT2D eigenvalue weighted by molar-refractivity contribution is 5.90. The quantitative estimate of drug-likeness (QED) is 0.879. The molecule has 21 heavy (non-hydrogen) atoms. The van der Waals surface area contributed by atoms with Crippen molar-refractivity contribution >= 4 is 11.7 Å². The van der Waals surface area contributed by atoms with E-state index in [0.29, 0.717) is 0 Å². The van der Waals surface area contributed by atoms with E-state index in [2.05, 4.69) is 10.1 Å². The number of nitrogens with one attached hydrogen (secondary N) is 1. The fraction of sp³-hybridized carbons (Fsp3) is 0.462. The van der Waals surface area contributed by atoms with Gasteiger partial charge in [-0.15, -0.1) is 0 Å². The molecule has 0 atom stereocenters. The third-order valence-electron chi connectivity index (χ3n) is 2.37. The van der Waals surface area contributed by atoms with Crippen molar-refractivity contribution in [3.63, 3.8) is 0 Å². The molecule has 1 aromatic rings. The molecule has 0 fully saturated rings. The molecule has 2 amide bonds. The Morgan fingerprint density at radius 2 is 2.10 bits per heavy atom. The van der Waals surface area contributed by atoms with Crippen molar-refractivity contribution < 1.29 is 27.8 Å². The van der Waals surface area contributed by atoms with Gasteiger partial charge in [0.05, 0.1) is 17.8 Å². The van der Waals surface area contributed by atoms with Gasteiger partial charge in [-0.2, -0.15) is 8.78 Å². The number of nitrogens with zero attached hydrogens (tertiary/aromatic N) is 1. The van der Waals surface area contributed by atoms with Gasteiger partial charge in [0.1, 0.15) is 5.82 Å². The van der Waals surface area contributed by atoms with Crippen LogP contribution in [0.3, 0.4) is 0 Å². The van der Waals surface area contributed by atoms with E-state index in [1.165, 1.54) is 20.9 Å². The highest BCUT2D eigenvalue weighted by Crippen LogP contribution is 2.27. The zero-order valence-electron chi connectivity index (χ0n) is 11.9. The number of hydrogen-bond donors (Lipinski definition) is 2. The first-order valence-electron chi connectivity index (χ1n) is 6.07. The summed E-state index contributed by atoms with van der Waals surface area (Å²) in [6.45, 7) is -0.0954. The number of carbonyl (C=O) groups is 1. The molecule has 0 aliphatic rings. The van der Waals surface area contributed by atoms with Crippen LogP contribution in [0, 0.1) is 5.82 Å². The molecule has 0 unspecified atom stereocenters. The fourth-order valence-electron chi connectivity index (χ4n) is 1.66. The number of ether oxygens (including phenoxy) is 1. The smallest absolute Gasteiger partial charge is 0.387 e. The van der Waals surface area contributed by atoms with Crippen LogP contribution < -0.4 is 10.1 Å². The second-order valence-electron chi connectivity index (χ2n) is 5.12. The van der Waals surface area contributed by atoms with Crippen molar-refractivity contribution in [2.45, 2.75) is 26.1 Å². The minimum Gasteiger partial charge on any atom is -0.432 e. The molecule has 118 valence electrons. The molecule has 5 nitrogen and oxygen atoms in total. The lowest BCUT2D eigenvalue weighted by atomic mass is 10.1. The molecule has 0 saturated carbocycles. The van der Waals surface area contributed by atoms with Crippen LogP contribution in [0.15, 0.2) is 18.2 Å². The van der Waals surface area contributed by atoms with Gasteiger partial charge in [0.25, 0.3) is 0 Å². The van der Waals surface area contributed by atoms with Gasteiger partial charge in [0.2, 0.25) is 0 Å². The van der Waals surface area contributed by atoms with Crippen molar-refractivity contribution in [2.24, 2.45) is 0 Å². The second-order valence-corrected chi connectivity index (χ2v) is 5.12. The lowest BCUT2D eigenvalue weighted by molar-refractivity contribution is -0.0495. The largest absolute Gasteiger partial charge is 0.432 e. The average molecular weight is 306 g/mol. The standard InChI is InChI=1S/C13H17F3N2O3/c1-13(2,20)7-18(3)12(19)17-9-5-4-8(14)6-10(9)21-11(15)16/h4-6,11,20H,7H2,1-3H3,(H,17,19). The van der Waals surface area contributed by atoms with Crippen LogP contribution in [-0.4, -0.2) is 41.8 Å². The van der Waals surface area contributed by atoms with Gasteiger partial charge >= 0.3 is 12.6 Å². The lowest BCUT2D eigenvalue weighted by Gasteiger charge is -2.26. The molecule has 0 spiro atoms. The third-order valence-corrected chi connectivity index (χ3v) is 2.37.